The number of hydrogen-bond donors (Lipinski definition) is 2. The molecule has 2 rings (SSSR count). The highest BCUT2D eigenvalue weighted by molar-refractivity contribution is 5.05. The average molecular weight is 222 g/mol. The van der Waals surface area contributed by atoms with Crippen LogP contribution in [0.2, 0.25) is 0 Å². The normalized spacial score (nSPS) is 16.7. The molecule has 1 aliphatic rings. The van der Waals surface area contributed by atoms with Gasteiger partial charge in [0.25, 0.3) is 0 Å². The van der Waals surface area contributed by atoms with Gasteiger partial charge >= 0.3 is 0 Å². The molecule has 0 radical (unpaired) electrons. The van der Waals surface area contributed by atoms with Crippen molar-refractivity contribution in [2.75, 3.05) is 6.54 Å². The van der Waals surface area contributed by atoms with Crippen molar-refractivity contribution in [1.82, 2.24) is 15.2 Å². The summed E-state index contributed by atoms with van der Waals surface area (Å²) >= 11 is 0. The van der Waals surface area contributed by atoms with Crippen molar-refractivity contribution in [3.05, 3.63) is 11.6 Å². The van der Waals surface area contributed by atoms with Gasteiger partial charge in [0.1, 0.15) is 5.82 Å². The van der Waals surface area contributed by atoms with Crippen molar-refractivity contribution in [3.8, 4) is 0 Å². The Kier molecular flexibility index (Phi) is 3.28. The van der Waals surface area contributed by atoms with E-state index in [4.69, 9.17) is 5.73 Å². The standard InChI is InChI=1S/C12H22N4/c1-12(2,7-8-13)6-5-10-14-11(16-15-10)9-3-4-9/h9H,3-8,13H2,1-2H3,(H,14,15,16). The van der Waals surface area contributed by atoms with Gasteiger partial charge < -0.3 is 5.73 Å². The summed E-state index contributed by atoms with van der Waals surface area (Å²) in [5, 5.41) is 7.31. The molecule has 0 aromatic carbocycles. The van der Waals surface area contributed by atoms with Crippen LogP contribution in [0.25, 0.3) is 0 Å². The van der Waals surface area contributed by atoms with Gasteiger partial charge in [-0.3, -0.25) is 5.10 Å². The second-order valence-electron chi connectivity index (χ2n) is 5.62. The van der Waals surface area contributed by atoms with E-state index in [9.17, 15) is 0 Å². The molecule has 0 aliphatic heterocycles. The summed E-state index contributed by atoms with van der Waals surface area (Å²) in [5.41, 5.74) is 5.91. The smallest absolute Gasteiger partial charge is 0.153 e. The molecule has 1 fully saturated rings. The number of aromatic nitrogens is 3. The first kappa shape index (κ1) is 11.6. The lowest BCUT2D eigenvalue weighted by molar-refractivity contribution is 0.311. The third kappa shape index (κ3) is 3.04. The van der Waals surface area contributed by atoms with E-state index in [1.807, 2.05) is 0 Å². The number of aromatic amines is 1. The minimum absolute atomic E-state index is 0.307. The number of H-pyrrole nitrogens is 1. The second-order valence-corrected chi connectivity index (χ2v) is 5.62. The molecule has 3 N–H and O–H groups in total. The van der Waals surface area contributed by atoms with E-state index in [2.05, 4.69) is 29.0 Å². The van der Waals surface area contributed by atoms with Crippen molar-refractivity contribution < 1.29 is 0 Å². The van der Waals surface area contributed by atoms with Crippen LogP contribution in [0.1, 0.15) is 57.1 Å². The van der Waals surface area contributed by atoms with Crippen molar-refractivity contribution >= 4 is 0 Å². The lowest BCUT2D eigenvalue weighted by Crippen LogP contribution is -2.18. The van der Waals surface area contributed by atoms with Gasteiger partial charge in [0, 0.05) is 12.3 Å². The molecule has 0 saturated heterocycles. The van der Waals surface area contributed by atoms with Crippen LogP contribution in [0, 0.1) is 5.41 Å². The van der Waals surface area contributed by atoms with Crippen LogP contribution in [0.15, 0.2) is 0 Å². The maximum absolute atomic E-state index is 5.60. The lowest BCUT2D eigenvalue weighted by Gasteiger charge is -2.22. The molecule has 1 aliphatic carbocycles. The largest absolute Gasteiger partial charge is 0.330 e. The van der Waals surface area contributed by atoms with E-state index in [1.165, 1.54) is 12.8 Å². The molecule has 90 valence electrons. The molecule has 4 heteroatoms. The van der Waals surface area contributed by atoms with Crippen molar-refractivity contribution in [2.24, 2.45) is 11.1 Å². The third-order valence-electron chi connectivity index (χ3n) is 3.35. The Labute approximate surface area is 97.0 Å². The van der Waals surface area contributed by atoms with Gasteiger partial charge in [-0.25, -0.2) is 4.98 Å². The predicted molar refractivity (Wildman–Crippen MR) is 64.1 cm³/mol. The SMILES string of the molecule is CC(C)(CCN)CCc1nc(C2CC2)n[nH]1. The molecule has 16 heavy (non-hydrogen) atoms. The first-order valence-corrected chi connectivity index (χ1v) is 6.22. The average Bonchev–Trinajstić information content (AvgIpc) is 2.95. The lowest BCUT2D eigenvalue weighted by atomic mass is 9.84. The second kappa shape index (κ2) is 4.53. The zero-order valence-electron chi connectivity index (χ0n) is 10.3. The molecule has 1 saturated carbocycles. The first-order chi connectivity index (χ1) is 7.61. The van der Waals surface area contributed by atoms with Crippen LogP contribution in [0.3, 0.4) is 0 Å². The highest BCUT2D eigenvalue weighted by atomic mass is 15.2. The highest BCUT2D eigenvalue weighted by Crippen LogP contribution is 2.37. The van der Waals surface area contributed by atoms with E-state index in [0.717, 1.165) is 37.5 Å². The van der Waals surface area contributed by atoms with E-state index in [-0.39, 0.29) is 0 Å². The van der Waals surface area contributed by atoms with Crippen molar-refractivity contribution in [1.29, 1.82) is 0 Å². The number of nitrogens with two attached hydrogens (primary N) is 1. The molecule has 0 atom stereocenters. The number of aryl methyl sites for hydroxylation is 1. The van der Waals surface area contributed by atoms with E-state index >= 15 is 0 Å². The summed E-state index contributed by atoms with van der Waals surface area (Å²) in [7, 11) is 0. The van der Waals surface area contributed by atoms with Crippen LogP contribution in [0.4, 0.5) is 0 Å². The van der Waals surface area contributed by atoms with Gasteiger partial charge in [-0.2, -0.15) is 5.10 Å². The van der Waals surface area contributed by atoms with Gasteiger partial charge in [0.2, 0.25) is 0 Å². The number of nitrogens with zero attached hydrogens (tertiary/aromatic N) is 2. The summed E-state index contributed by atoms with van der Waals surface area (Å²) in [6.45, 7) is 5.28. The molecular formula is C12H22N4. The highest BCUT2D eigenvalue weighted by Gasteiger charge is 2.27. The Hall–Kier alpha value is -0.900. The molecular weight excluding hydrogens is 200 g/mol. The molecule has 0 spiro atoms. The van der Waals surface area contributed by atoms with Gasteiger partial charge in [0.15, 0.2) is 5.82 Å². The van der Waals surface area contributed by atoms with E-state index in [1.54, 1.807) is 0 Å². The number of hydrogen-bond acceptors (Lipinski definition) is 3. The molecule has 4 nitrogen and oxygen atoms in total. The molecule has 1 aromatic heterocycles. The zero-order chi connectivity index (χ0) is 11.6. The summed E-state index contributed by atoms with van der Waals surface area (Å²) in [6, 6.07) is 0. The van der Waals surface area contributed by atoms with Crippen molar-refractivity contribution in [2.45, 2.75) is 51.9 Å². The van der Waals surface area contributed by atoms with Gasteiger partial charge in [-0.15, -0.1) is 0 Å². The fourth-order valence-electron chi connectivity index (χ4n) is 1.92. The van der Waals surface area contributed by atoms with Crippen LogP contribution >= 0.6 is 0 Å². The van der Waals surface area contributed by atoms with Crippen LogP contribution in [-0.4, -0.2) is 21.7 Å². The Morgan fingerprint density at radius 3 is 2.75 bits per heavy atom. The van der Waals surface area contributed by atoms with Gasteiger partial charge in [0.05, 0.1) is 0 Å². The fourth-order valence-corrected chi connectivity index (χ4v) is 1.92. The van der Waals surface area contributed by atoms with Crippen molar-refractivity contribution in [3.63, 3.8) is 0 Å². The predicted octanol–water partition coefficient (Wildman–Crippen LogP) is 1.99. The Balaban J connectivity index is 1.84. The van der Waals surface area contributed by atoms with E-state index < -0.39 is 0 Å². The van der Waals surface area contributed by atoms with Crippen LogP contribution < -0.4 is 5.73 Å². The maximum Gasteiger partial charge on any atom is 0.153 e. The number of rotatable bonds is 6. The molecule has 1 heterocycles. The first-order valence-electron chi connectivity index (χ1n) is 6.22. The third-order valence-corrected chi connectivity index (χ3v) is 3.35. The Bertz CT molecular complexity index is 339. The number of nitrogens with one attached hydrogen (secondary N) is 1. The summed E-state index contributed by atoms with van der Waals surface area (Å²) in [4.78, 5) is 4.54. The summed E-state index contributed by atoms with van der Waals surface area (Å²) in [5.74, 6) is 2.70. The molecule has 0 bridgehead atoms. The summed E-state index contributed by atoms with van der Waals surface area (Å²) in [6.07, 6.45) is 5.68. The fraction of sp³-hybridized carbons (Fsp3) is 0.833. The zero-order valence-corrected chi connectivity index (χ0v) is 10.3. The molecule has 0 unspecified atom stereocenters. The monoisotopic (exact) mass is 222 g/mol. The minimum Gasteiger partial charge on any atom is -0.330 e. The molecule has 1 aromatic rings. The van der Waals surface area contributed by atoms with E-state index in [0.29, 0.717) is 11.3 Å². The Morgan fingerprint density at radius 2 is 2.12 bits per heavy atom. The van der Waals surface area contributed by atoms with Gasteiger partial charge in [-0.05, 0) is 37.6 Å². The summed E-state index contributed by atoms with van der Waals surface area (Å²) < 4.78 is 0. The Morgan fingerprint density at radius 1 is 1.38 bits per heavy atom. The van der Waals surface area contributed by atoms with Gasteiger partial charge in [-0.1, -0.05) is 13.8 Å². The van der Waals surface area contributed by atoms with Crippen LogP contribution in [0.5, 0.6) is 0 Å². The van der Waals surface area contributed by atoms with Crippen LogP contribution in [-0.2, 0) is 6.42 Å². The molecule has 0 amide bonds. The quantitative estimate of drug-likeness (QED) is 0.773. The topological polar surface area (TPSA) is 67.6 Å². The minimum atomic E-state index is 0.307. The maximum atomic E-state index is 5.60.